The zero-order valence-electron chi connectivity index (χ0n) is 13.6. The van der Waals surface area contributed by atoms with Crippen molar-refractivity contribution in [3.63, 3.8) is 0 Å². The third kappa shape index (κ3) is 3.71. The van der Waals surface area contributed by atoms with E-state index in [2.05, 4.69) is 10.3 Å². The Morgan fingerprint density at radius 1 is 1.12 bits per heavy atom. The first-order valence-electron chi connectivity index (χ1n) is 7.94. The van der Waals surface area contributed by atoms with Gasteiger partial charge in [0, 0.05) is 31.9 Å². The molecular formula is C18H20N4O2. The van der Waals surface area contributed by atoms with Crippen molar-refractivity contribution in [3.05, 3.63) is 53.9 Å². The number of amides is 2. The van der Waals surface area contributed by atoms with Crippen LogP contribution in [0.2, 0.25) is 0 Å². The third-order valence-corrected chi connectivity index (χ3v) is 4.04. The SMILES string of the molecule is Cc1cccc(Nc2ccc(C(=O)N3CCN(C=O)CC3)nc2)c1. The van der Waals surface area contributed by atoms with Gasteiger partial charge in [0.25, 0.3) is 5.91 Å². The molecule has 1 aliphatic heterocycles. The lowest BCUT2D eigenvalue weighted by molar-refractivity contribution is -0.119. The molecule has 1 saturated heterocycles. The third-order valence-electron chi connectivity index (χ3n) is 4.04. The van der Waals surface area contributed by atoms with Crippen molar-refractivity contribution in [2.45, 2.75) is 6.92 Å². The molecule has 0 unspecified atom stereocenters. The number of benzene rings is 1. The van der Waals surface area contributed by atoms with Crippen LogP contribution in [-0.4, -0.2) is 53.3 Å². The molecular weight excluding hydrogens is 304 g/mol. The van der Waals surface area contributed by atoms with E-state index in [0.29, 0.717) is 31.9 Å². The average molecular weight is 324 g/mol. The summed E-state index contributed by atoms with van der Waals surface area (Å²) in [6.07, 6.45) is 2.49. The van der Waals surface area contributed by atoms with Gasteiger partial charge in [-0.05, 0) is 36.8 Å². The highest BCUT2D eigenvalue weighted by molar-refractivity contribution is 5.92. The van der Waals surface area contributed by atoms with E-state index in [-0.39, 0.29) is 5.91 Å². The fourth-order valence-electron chi connectivity index (χ4n) is 2.68. The number of nitrogens with one attached hydrogen (secondary N) is 1. The standard InChI is InChI=1S/C18H20N4O2/c1-14-3-2-4-15(11-14)20-16-5-6-17(19-12-16)18(24)22-9-7-21(13-23)8-10-22/h2-6,11-13,20H,7-10H2,1H3. The van der Waals surface area contributed by atoms with Crippen molar-refractivity contribution < 1.29 is 9.59 Å². The monoisotopic (exact) mass is 324 g/mol. The molecule has 2 aromatic rings. The maximum Gasteiger partial charge on any atom is 0.272 e. The molecule has 6 heteroatoms. The van der Waals surface area contributed by atoms with Crippen molar-refractivity contribution in [2.24, 2.45) is 0 Å². The van der Waals surface area contributed by atoms with Gasteiger partial charge in [-0.15, -0.1) is 0 Å². The number of aryl methyl sites for hydroxylation is 1. The summed E-state index contributed by atoms with van der Waals surface area (Å²) >= 11 is 0. The lowest BCUT2D eigenvalue weighted by Gasteiger charge is -2.32. The van der Waals surface area contributed by atoms with E-state index in [1.54, 1.807) is 22.1 Å². The molecule has 24 heavy (non-hydrogen) atoms. The second kappa shape index (κ2) is 7.12. The summed E-state index contributed by atoms with van der Waals surface area (Å²) in [6, 6.07) is 11.6. The number of rotatable bonds is 4. The van der Waals surface area contributed by atoms with E-state index in [4.69, 9.17) is 0 Å². The van der Waals surface area contributed by atoms with Gasteiger partial charge in [0.1, 0.15) is 5.69 Å². The largest absolute Gasteiger partial charge is 0.354 e. The topological polar surface area (TPSA) is 65.5 Å². The summed E-state index contributed by atoms with van der Waals surface area (Å²) in [5, 5.41) is 3.27. The smallest absolute Gasteiger partial charge is 0.272 e. The van der Waals surface area contributed by atoms with Gasteiger partial charge < -0.3 is 15.1 Å². The molecule has 0 aliphatic carbocycles. The van der Waals surface area contributed by atoms with E-state index in [9.17, 15) is 9.59 Å². The summed E-state index contributed by atoms with van der Waals surface area (Å²) in [6.45, 7) is 4.27. The number of carbonyl (C=O) groups excluding carboxylic acids is 2. The van der Waals surface area contributed by atoms with Gasteiger partial charge in [-0.25, -0.2) is 4.98 Å². The molecule has 0 atom stereocenters. The van der Waals surface area contributed by atoms with Gasteiger partial charge in [0.2, 0.25) is 6.41 Å². The molecule has 6 nitrogen and oxygen atoms in total. The number of carbonyl (C=O) groups is 2. The molecule has 1 aromatic heterocycles. The van der Waals surface area contributed by atoms with Crippen LogP contribution in [0.3, 0.4) is 0 Å². The predicted octanol–water partition coefficient (Wildman–Crippen LogP) is 2.05. The van der Waals surface area contributed by atoms with Gasteiger partial charge >= 0.3 is 0 Å². The van der Waals surface area contributed by atoms with Crippen LogP contribution in [0, 0.1) is 6.92 Å². The first-order valence-corrected chi connectivity index (χ1v) is 7.94. The fraction of sp³-hybridized carbons (Fsp3) is 0.278. The highest BCUT2D eigenvalue weighted by Gasteiger charge is 2.22. The summed E-state index contributed by atoms with van der Waals surface area (Å²) in [7, 11) is 0. The minimum atomic E-state index is -0.0948. The number of piperazine rings is 1. The Kier molecular flexibility index (Phi) is 4.74. The zero-order valence-corrected chi connectivity index (χ0v) is 13.6. The molecule has 2 amide bonds. The normalized spacial score (nSPS) is 14.4. The second-order valence-corrected chi connectivity index (χ2v) is 5.86. The minimum Gasteiger partial charge on any atom is -0.354 e. The Hall–Kier alpha value is -2.89. The number of hydrogen-bond acceptors (Lipinski definition) is 4. The Balaban J connectivity index is 1.64. The fourth-order valence-corrected chi connectivity index (χ4v) is 2.68. The van der Waals surface area contributed by atoms with Crippen LogP contribution < -0.4 is 5.32 Å². The maximum absolute atomic E-state index is 12.4. The van der Waals surface area contributed by atoms with Gasteiger partial charge in [0.15, 0.2) is 0 Å². The van der Waals surface area contributed by atoms with E-state index in [0.717, 1.165) is 17.8 Å². The highest BCUT2D eigenvalue weighted by Crippen LogP contribution is 2.17. The van der Waals surface area contributed by atoms with Crippen molar-refractivity contribution in [1.29, 1.82) is 0 Å². The lowest BCUT2D eigenvalue weighted by atomic mass is 10.2. The summed E-state index contributed by atoms with van der Waals surface area (Å²) in [5.41, 5.74) is 3.42. The predicted molar refractivity (Wildman–Crippen MR) is 92.2 cm³/mol. The first kappa shape index (κ1) is 16.0. The van der Waals surface area contributed by atoms with Crippen LogP contribution in [0.25, 0.3) is 0 Å². The van der Waals surface area contributed by atoms with Crippen molar-refractivity contribution in [3.8, 4) is 0 Å². The van der Waals surface area contributed by atoms with Crippen molar-refractivity contribution in [1.82, 2.24) is 14.8 Å². The highest BCUT2D eigenvalue weighted by atomic mass is 16.2. The van der Waals surface area contributed by atoms with Gasteiger partial charge in [0.05, 0.1) is 11.9 Å². The van der Waals surface area contributed by atoms with Crippen LogP contribution >= 0.6 is 0 Å². The van der Waals surface area contributed by atoms with Crippen LogP contribution in [-0.2, 0) is 4.79 Å². The van der Waals surface area contributed by atoms with E-state index in [1.807, 2.05) is 37.3 Å². The van der Waals surface area contributed by atoms with Crippen LogP contribution in [0.5, 0.6) is 0 Å². The lowest BCUT2D eigenvalue weighted by Crippen LogP contribution is -2.48. The van der Waals surface area contributed by atoms with Crippen LogP contribution in [0.4, 0.5) is 11.4 Å². The van der Waals surface area contributed by atoms with Crippen LogP contribution in [0.1, 0.15) is 16.1 Å². The van der Waals surface area contributed by atoms with Gasteiger partial charge in [-0.1, -0.05) is 12.1 Å². The Morgan fingerprint density at radius 3 is 2.54 bits per heavy atom. The molecule has 1 aliphatic rings. The molecule has 0 saturated carbocycles. The molecule has 1 fully saturated rings. The number of nitrogens with zero attached hydrogens (tertiary/aromatic N) is 3. The number of aromatic nitrogens is 1. The molecule has 2 heterocycles. The molecule has 0 radical (unpaired) electrons. The van der Waals surface area contributed by atoms with Crippen molar-refractivity contribution >= 4 is 23.7 Å². The summed E-state index contributed by atoms with van der Waals surface area (Å²) < 4.78 is 0. The van der Waals surface area contributed by atoms with E-state index < -0.39 is 0 Å². The number of hydrogen-bond donors (Lipinski definition) is 1. The van der Waals surface area contributed by atoms with Crippen molar-refractivity contribution in [2.75, 3.05) is 31.5 Å². The zero-order chi connectivity index (χ0) is 16.9. The quantitative estimate of drug-likeness (QED) is 0.874. The Bertz CT molecular complexity index is 722. The second-order valence-electron chi connectivity index (χ2n) is 5.86. The summed E-state index contributed by atoms with van der Waals surface area (Å²) in [5.74, 6) is -0.0948. The molecule has 1 aromatic carbocycles. The molecule has 0 spiro atoms. The summed E-state index contributed by atoms with van der Waals surface area (Å²) in [4.78, 5) is 30.8. The molecule has 124 valence electrons. The average Bonchev–Trinajstić information content (AvgIpc) is 2.62. The van der Waals surface area contributed by atoms with Gasteiger partial charge in [-0.3, -0.25) is 9.59 Å². The molecule has 3 rings (SSSR count). The number of anilines is 2. The van der Waals surface area contributed by atoms with E-state index in [1.165, 1.54) is 5.56 Å². The maximum atomic E-state index is 12.4. The number of pyridine rings is 1. The minimum absolute atomic E-state index is 0.0948. The molecule has 0 bridgehead atoms. The Morgan fingerprint density at radius 2 is 1.92 bits per heavy atom. The van der Waals surface area contributed by atoms with Crippen LogP contribution in [0.15, 0.2) is 42.6 Å². The Labute approximate surface area is 141 Å². The van der Waals surface area contributed by atoms with E-state index >= 15 is 0 Å². The molecule has 1 N–H and O–H groups in total. The van der Waals surface area contributed by atoms with Gasteiger partial charge in [-0.2, -0.15) is 0 Å². The first-order chi connectivity index (χ1) is 11.7.